The second-order valence-electron chi connectivity index (χ2n) is 6.61. The predicted octanol–water partition coefficient (Wildman–Crippen LogP) is 5.54. The highest BCUT2D eigenvalue weighted by atomic mass is 32.2. The molecule has 28 heavy (non-hydrogen) atoms. The van der Waals surface area contributed by atoms with Gasteiger partial charge in [0, 0.05) is 12.2 Å². The molecule has 0 aliphatic heterocycles. The van der Waals surface area contributed by atoms with Crippen LogP contribution >= 0.6 is 11.8 Å². The summed E-state index contributed by atoms with van der Waals surface area (Å²) in [6, 6.07) is 10.1. The average molecular weight is 423 g/mol. The van der Waals surface area contributed by atoms with E-state index in [1.807, 2.05) is 0 Å². The Kier molecular flexibility index (Phi) is 6.73. The maximum Gasteiger partial charge on any atom is 0.416 e. The van der Waals surface area contributed by atoms with Crippen LogP contribution in [0, 0.1) is 0 Å². The number of rotatable bonds is 6. The average Bonchev–Trinajstić information content (AvgIpc) is 2.58. The fourth-order valence-corrected chi connectivity index (χ4v) is 3.69. The smallest absolute Gasteiger partial charge is 0.385 e. The SMILES string of the molecule is CC(O)(CC(N)SCc1cc(C(F)(F)F)cc(C(F)(F)F)c1)c1ccccc1. The van der Waals surface area contributed by atoms with Crippen LogP contribution in [0.4, 0.5) is 26.3 Å². The molecule has 154 valence electrons. The van der Waals surface area contributed by atoms with Crippen LogP contribution in [0.15, 0.2) is 48.5 Å². The van der Waals surface area contributed by atoms with Crippen LogP contribution in [0.2, 0.25) is 0 Å². The monoisotopic (exact) mass is 423 g/mol. The summed E-state index contributed by atoms with van der Waals surface area (Å²) in [5.41, 5.74) is 2.43. The third kappa shape index (κ3) is 6.15. The Hall–Kier alpha value is -1.71. The van der Waals surface area contributed by atoms with E-state index in [1.54, 1.807) is 37.3 Å². The van der Waals surface area contributed by atoms with Crippen LogP contribution in [-0.2, 0) is 23.7 Å². The zero-order chi connectivity index (χ0) is 21.2. The first-order valence-corrected chi connectivity index (χ1v) is 9.27. The van der Waals surface area contributed by atoms with Crippen molar-refractivity contribution < 1.29 is 31.4 Å². The van der Waals surface area contributed by atoms with Crippen LogP contribution in [0.25, 0.3) is 0 Å². The molecule has 2 nitrogen and oxygen atoms in total. The lowest BCUT2D eigenvalue weighted by molar-refractivity contribution is -0.143. The van der Waals surface area contributed by atoms with Gasteiger partial charge in [-0.25, -0.2) is 0 Å². The quantitative estimate of drug-likeness (QED) is 0.474. The largest absolute Gasteiger partial charge is 0.416 e. The van der Waals surface area contributed by atoms with E-state index in [9.17, 15) is 31.4 Å². The van der Waals surface area contributed by atoms with Gasteiger partial charge in [0.05, 0.1) is 22.1 Å². The molecular formula is C19H19F6NOS. The summed E-state index contributed by atoms with van der Waals surface area (Å²) in [5.74, 6) is -0.154. The lowest BCUT2D eigenvalue weighted by Gasteiger charge is -2.27. The number of nitrogens with two attached hydrogens (primary N) is 1. The Morgan fingerprint density at radius 2 is 1.39 bits per heavy atom. The van der Waals surface area contributed by atoms with Crippen molar-refractivity contribution in [3.8, 4) is 0 Å². The summed E-state index contributed by atoms with van der Waals surface area (Å²) in [7, 11) is 0. The van der Waals surface area contributed by atoms with Gasteiger partial charge in [0.2, 0.25) is 0 Å². The van der Waals surface area contributed by atoms with Crippen LogP contribution in [-0.4, -0.2) is 10.5 Å². The van der Waals surface area contributed by atoms with Crippen LogP contribution < -0.4 is 5.73 Å². The molecule has 0 amide bonds. The Morgan fingerprint density at radius 3 is 1.86 bits per heavy atom. The fourth-order valence-electron chi connectivity index (χ4n) is 2.67. The van der Waals surface area contributed by atoms with E-state index in [4.69, 9.17) is 5.73 Å². The third-order valence-electron chi connectivity index (χ3n) is 4.11. The molecule has 0 heterocycles. The molecule has 0 saturated heterocycles. The number of thioether (sulfide) groups is 1. The van der Waals surface area contributed by atoms with Gasteiger partial charge in [-0.15, -0.1) is 11.8 Å². The first-order valence-electron chi connectivity index (χ1n) is 8.22. The van der Waals surface area contributed by atoms with Gasteiger partial charge < -0.3 is 10.8 Å². The molecule has 2 unspecified atom stereocenters. The lowest BCUT2D eigenvalue weighted by atomic mass is 9.93. The minimum atomic E-state index is -4.89. The molecular weight excluding hydrogens is 404 g/mol. The van der Waals surface area contributed by atoms with E-state index < -0.39 is 34.5 Å². The van der Waals surface area contributed by atoms with Crippen molar-refractivity contribution in [1.29, 1.82) is 0 Å². The summed E-state index contributed by atoms with van der Waals surface area (Å²) in [4.78, 5) is 0. The summed E-state index contributed by atoms with van der Waals surface area (Å²) in [5, 5.41) is 9.87. The molecule has 0 fully saturated rings. The number of halogens is 6. The van der Waals surface area contributed by atoms with Crippen molar-refractivity contribution in [2.24, 2.45) is 5.73 Å². The Morgan fingerprint density at radius 1 is 0.893 bits per heavy atom. The minimum absolute atomic E-state index is 0.0762. The van der Waals surface area contributed by atoms with Gasteiger partial charge in [-0.05, 0) is 36.2 Å². The number of aliphatic hydroxyl groups is 1. The van der Waals surface area contributed by atoms with Gasteiger partial charge >= 0.3 is 12.4 Å². The standard InChI is InChI=1S/C19H19F6NOS/c1-17(27,13-5-3-2-4-6-13)10-16(26)28-11-12-7-14(18(20,21)22)9-15(8-12)19(23,24)25/h2-9,16,27H,10-11,26H2,1H3. The van der Waals surface area contributed by atoms with Gasteiger partial charge in [0.25, 0.3) is 0 Å². The normalized spacial score (nSPS) is 15.9. The topological polar surface area (TPSA) is 46.2 Å². The highest BCUT2D eigenvalue weighted by Crippen LogP contribution is 2.37. The van der Waals surface area contributed by atoms with E-state index in [-0.39, 0.29) is 23.8 Å². The molecule has 0 saturated carbocycles. The van der Waals surface area contributed by atoms with Crippen molar-refractivity contribution in [3.05, 3.63) is 70.8 Å². The summed E-state index contributed by atoms with van der Waals surface area (Å²) in [6.45, 7) is 1.55. The molecule has 0 radical (unpaired) electrons. The number of hydrogen-bond donors (Lipinski definition) is 2. The fraction of sp³-hybridized carbons (Fsp3) is 0.368. The van der Waals surface area contributed by atoms with E-state index in [1.165, 1.54) is 0 Å². The van der Waals surface area contributed by atoms with Crippen LogP contribution in [0.1, 0.15) is 35.6 Å². The molecule has 0 spiro atoms. The second-order valence-corrected chi connectivity index (χ2v) is 7.84. The molecule has 0 aromatic heterocycles. The Balaban J connectivity index is 2.13. The maximum absolute atomic E-state index is 12.9. The molecule has 0 bridgehead atoms. The first-order chi connectivity index (χ1) is 12.8. The van der Waals surface area contributed by atoms with E-state index in [0.717, 1.165) is 11.8 Å². The van der Waals surface area contributed by atoms with Gasteiger partial charge in [-0.2, -0.15) is 26.3 Å². The van der Waals surface area contributed by atoms with Crippen molar-refractivity contribution in [2.75, 3.05) is 0 Å². The van der Waals surface area contributed by atoms with Gasteiger partial charge in [0.15, 0.2) is 0 Å². The second kappa shape index (κ2) is 8.34. The Bertz CT molecular complexity index is 757. The first kappa shape index (κ1) is 22.6. The maximum atomic E-state index is 12.9. The summed E-state index contributed by atoms with van der Waals surface area (Å²) in [6.07, 6.45) is -9.70. The number of benzene rings is 2. The van der Waals surface area contributed by atoms with Crippen molar-refractivity contribution >= 4 is 11.8 Å². The molecule has 2 aromatic rings. The zero-order valence-corrected chi connectivity index (χ0v) is 15.6. The van der Waals surface area contributed by atoms with E-state index in [0.29, 0.717) is 17.7 Å². The van der Waals surface area contributed by atoms with Gasteiger partial charge in [0.1, 0.15) is 0 Å². The molecule has 3 N–H and O–H groups in total. The summed E-state index contributed by atoms with van der Waals surface area (Å²) < 4.78 is 77.5. The molecule has 9 heteroatoms. The molecule has 2 atom stereocenters. The molecule has 0 aliphatic rings. The van der Waals surface area contributed by atoms with Crippen molar-refractivity contribution in [1.82, 2.24) is 0 Å². The number of hydrogen-bond acceptors (Lipinski definition) is 3. The zero-order valence-electron chi connectivity index (χ0n) is 14.8. The van der Waals surface area contributed by atoms with E-state index in [2.05, 4.69) is 0 Å². The van der Waals surface area contributed by atoms with Crippen molar-refractivity contribution in [3.63, 3.8) is 0 Å². The summed E-state index contributed by atoms with van der Waals surface area (Å²) >= 11 is 0.973. The highest BCUT2D eigenvalue weighted by Gasteiger charge is 2.37. The van der Waals surface area contributed by atoms with Crippen LogP contribution in [0.5, 0.6) is 0 Å². The highest BCUT2D eigenvalue weighted by molar-refractivity contribution is 7.99. The molecule has 2 aromatic carbocycles. The Labute approximate surface area is 162 Å². The van der Waals surface area contributed by atoms with Gasteiger partial charge in [-0.1, -0.05) is 30.3 Å². The lowest BCUT2D eigenvalue weighted by Crippen LogP contribution is -2.30. The van der Waals surface area contributed by atoms with Gasteiger partial charge in [-0.3, -0.25) is 0 Å². The number of alkyl halides is 6. The van der Waals surface area contributed by atoms with Crippen molar-refractivity contribution in [2.45, 2.75) is 42.4 Å². The van der Waals surface area contributed by atoms with Crippen LogP contribution in [0.3, 0.4) is 0 Å². The predicted molar refractivity (Wildman–Crippen MR) is 96.3 cm³/mol. The van der Waals surface area contributed by atoms with E-state index >= 15 is 0 Å². The molecule has 2 rings (SSSR count). The minimum Gasteiger partial charge on any atom is -0.385 e. The molecule has 0 aliphatic carbocycles. The third-order valence-corrected chi connectivity index (χ3v) is 5.20.